The summed E-state index contributed by atoms with van der Waals surface area (Å²) >= 11 is 3.80. The number of thiophene rings is 2. The van der Waals surface area contributed by atoms with Crippen molar-refractivity contribution >= 4 is 103 Å². The summed E-state index contributed by atoms with van der Waals surface area (Å²) in [6.07, 6.45) is 28.5. The summed E-state index contributed by atoms with van der Waals surface area (Å²) < 4.78 is 5.28. The highest BCUT2D eigenvalue weighted by Crippen LogP contribution is 2.51. The van der Waals surface area contributed by atoms with Crippen LogP contribution in [0.2, 0.25) is 0 Å². The lowest BCUT2D eigenvalue weighted by Crippen LogP contribution is -2.39. The van der Waals surface area contributed by atoms with Crippen LogP contribution in [-0.4, -0.2) is 6.04 Å². The zero-order valence-electron chi connectivity index (χ0n) is 32.4. The first-order valence-electron chi connectivity index (χ1n) is 20.4. The van der Waals surface area contributed by atoms with Gasteiger partial charge in [0.15, 0.2) is 0 Å². The Morgan fingerprint density at radius 3 is 2.09 bits per heavy atom. The summed E-state index contributed by atoms with van der Waals surface area (Å²) in [5, 5.41) is 7.88. The molecule has 0 saturated carbocycles. The summed E-state index contributed by atoms with van der Waals surface area (Å²) in [5.74, 6) is 0.153. The lowest BCUT2D eigenvalue weighted by atomic mass is 9.75. The van der Waals surface area contributed by atoms with Gasteiger partial charge in [-0.25, -0.2) is 0 Å². The Morgan fingerprint density at radius 1 is 0.672 bits per heavy atom. The number of rotatable bonds is 9. The van der Waals surface area contributed by atoms with Crippen LogP contribution in [0.15, 0.2) is 182 Å². The molecule has 8 aromatic rings. The van der Waals surface area contributed by atoms with Crippen LogP contribution < -0.4 is 9.80 Å². The number of allylic oxidation sites excluding steroid dienone is 7. The standard InChI is InChI=1S/C54H42N2S2/c1-3-5-7-16-37(4-2)55(47-23-14-21-41-39-19-10-12-25-49(39)57-53(41)47)45-33-29-35-28-32-44-46(34-30-36-27-31-43(45)51(35)52(36)44)56(38-17-8-6-9-18-38)48-24-15-22-42-40-20-11-13-26-50(40)58-54(42)48/h3-4,7-8,10-34,44,46H,1,5-6,9H2,2H3/b16-7-,37-4+. The van der Waals surface area contributed by atoms with Crippen LogP contribution in [0.3, 0.4) is 0 Å². The molecule has 6 aromatic carbocycles. The fourth-order valence-electron chi connectivity index (χ4n) is 9.57. The van der Waals surface area contributed by atoms with E-state index in [-0.39, 0.29) is 12.0 Å². The summed E-state index contributed by atoms with van der Waals surface area (Å²) in [5.41, 5.74) is 10.1. The molecular weight excluding hydrogens is 741 g/mol. The molecule has 2 atom stereocenters. The van der Waals surface area contributed by atoms with Gasteiger partial charge in [-0.2, -0.15) is 0 Å². The summed E-state index contributed by atoms with van der Waals surface area (Å²) in [7, 11) is 0. The fourth-order valence-corrected chi connectivity index (χ4v) is 12.0. The molecule has 4 heteroatoms. The average molecular weight is 783 g/mol. The van der Waals surface area contributed by atoms with Gasteiger partial charge in [-0.15, -0.1) is 29.3 Å². The first kappa shape index (κ1) is 35.0. The van der Waals surface area contributed by atoms with Crippen molar-refractivity contribution in [3.05, 3.63) is 199 Å². The van der Waals surface area contributed by atoms with Crippen molar-refractivity contribution in [2.24, 2.45) is 0 Å². The number of hydrogen-bond acceptors (Lipinski definition) is 4. The van der Waals surface area contributed by atoms with Gasteiger partial charge in [-0.1, -0.05) is 134 Å². The monoisotopic (exact) mass is 782 g/mol. The van der Waals surface area contributed by atoms with Crippen LogP contribution in [0, 0.1) is 0 Å². The van der Waals surface area contributed by atoms with E-state index in [0.717, 1.165) is 25.0 Å². The van der Waals surface area contributed by atoms with Crippen molar-refractivity contribution in [1.29, 1.82) is 0 Å². The number of fused-ring (bicyclic) bond motifs is 6. The van der Waals surface area contributed by atoms with Gasteiger partial charge in [0, 0.05) is 53.6 Å². The molecule has 0 amide bonds. The van der Waals surface area contributed by atoms with E-state index in [4.69, 9.17) is 0 Å². The van der Waals surface area contributed by atoms with E-state index < -0.39 is 0 Å². The van der Waals surface area contributed by atoms with Gasteiger partial charge in [-0.05, 0) is 90.7 Å². The predicted octanol–water partition coefficient (Wildman–Crippen LogP) is 16.0. The third kappa shape index (κ3) is 5.50. The maximum absolute atomic E-state index is 4.00. The Hall–Kier alpha value is -6.20. The van der Waals surface area contributed by atoms with E-state index in [2.05, 4.69) is 193 Å². The van der Waals surface area contributed by atoms with Crippen molar-refractivity contribution in [2.75, 3.05) is 9.80 Å². The van der Waals surface area contributed by atoms with Gasteiger partial charge in [0.1, 0.15) is 0 Å². The van der Waals surface area contributed by atoms with E-state index in [1.165, 1.54) is 90.6 Å². The normalized spacial score (nSPS) is 17.3. The van der Waals surface area contributed by atoms with Gasteiger partial charge in [0.25, 0.3) is 0 Å². The quantitative estimate of drug-likeness (QED) is 0.106. The molecule has 0 saturated heterocycles. The number of anilines is 3. The van der Waals surface area contributed by atoms with Crippen LogP contribution in [0.4, 0.5) is 17.1 Å². The molecule has 2 heterocycles. The van der Waals surface area contributed by atoms with E-state index in [1.807, 2.05) is 28.7 Å². The highest BCUT2D eigenvalue weighted by atomic mass is 32.1. The number of benzene rings is 6. The van der Waals surface area contributed by atoms with Gasteiger partial charge < -0.3 is 9.80 Å². The first-order valence-corrected chi connectivity index (χ1v) is 22.0. The van der Waals surface area contributed by atoms with Crippen LogP contribution >= 0.6 is 22.7 Å². The molecule has 0 fully saturated rings. The Labute approximate surface area is 347 Å². The van der Waals surface area contributed by atoms with Gasteiger partial charge >= 0.3 is 0 Å². The second-order valence-corrected chi connectivity index (χ2v) is 17.5. The maximum atomic E-state index is 4.00. The lowest BCUT2D eigenvalue weighted by molar-refractivity contribution is 0.677. The SMILES string of the molecule is C=CC/C=C\C(=C/C)N(c1ccc2c3c4c(ccc13)C=CC(N(C1=CCCC=C1)c1cccc3c1sc1ccccc13)C4C=C2)c1cccc2c1sc1ccccc12. The molecule has 0 N–H and O–H groups in total. The van der Waals surface area contributed by atoms with Crippen LogP contribution in [0.5, 0.6) is 0 Å². The Kier molecular flexibility index (Phi) is 8.64. The largest absolute Gasteiger partial charge is 0.333 e. The molecule has 2 nitrogen and oxygen atoms in total. The van der Waals surface area contributed by atoms with Gasteiger partial charge in [0.05, 0.1) is 32.5 Å². The van der Waals surface area contributed by atoms with E-state index in [1.54, 1.807) is 0 Å². The minimum absolute atomic E-state index is 0.0901. The van der Waals surface area contributed by atoms with E-state index in [9.17, 15) is 0 Å². The topological polar surface area (TPSA) is 6.48 Å². The van der Waals surface area contributed by atoms with Crippen molar-refractivity contribution in [3.8, 4) is 0 Å². The van der Waals surface area contributed by atoms with Crippen LogP contribution in [-0.2, 0) is 0 Å². The molecule has 2 aromatic heterocycles. The molecule has 280 valence electrons. The molecular formula is C54H42N2S2. The minimum atomic E-state index is 0.0901. The fraction of sp³-hybridized carbons (Fsp3) is 0.111. The zero-order chi connectivity index (χ0) is 38.7. The molecule has 0 radical (unpaired) electrons. The summed E-state index contributed by atoms with van der Waals surface area (Å²) in [4.78, 5) is 5.14. The lowest BCUT2D eigenvalue weighted by Gasteiger charge is -2.41. The second kappa shape index (κ2) is 14.3. The highest BCUT2D eigenvalue weighted by molar-refractivity contribution is 7.26. The Bertz CT molecular complexity index is 3160. The molecule has 3 aliphatic carbocycles. The van der Waals surface area contributed by atoms with E-state index >= 15 is 0 Å². The molecule has 0 aliphatic heterocycles. The van der Waals surface area contributed by atoms with E-state index in [0.29, 0.717) is 0 Å². The molecule has 0 spiro atoms. The summed E-state index contributed by atoms with van der Waals surface area (Å²) in [6.45, 7) is 6.16. The van der Waals surface area contributed by atoms with Gasteiger partial charge in [-0.3, -0.25) is 0 Å². The minimum Gasteiger partial charge on any atom is -0.333 e. The second-order valence-electron chi connectivity index (χ2n) is 15.4. The Balaban J connectivity index is 1.11. The first-order chi connectivity index (χ1) is 28.7. The maximum Gasteiger partial charge on any atom is 0.0640 e. The van der Waals surface area contributed by atoms with Crippen LogP contribution in [0.25, 0.3) is 63.3 Å². The summed E-state index contributed by atoms with van der Waals surface area (Å²) in [6, 6.07) is 40.9. The Morgan fingerprint density at radius 2 is 1.36 bits per heavy atom. The molecule has 0 bridgehead atoms. The average Bonchev–Trinajstić information content (AvgIpc) is 3.86. The predicted molar refractivity (Wildman–Crippen MR) is 256 cm³/mol. The smallest absolute Gasteiger partial charge is 0.0640 e. The van der Waals surface area contributed by atoms with Crippen LogP contribution in [0.1, 0.15) is 48.8 Å². The third-order valence-corrected chi connectivity index (χ3v) is 14.5. The number of nitrogens with zero attached hydrogens (tertiary/aromatic N) is 2. The van der Waals surface area contributed by atoms with Crippen molar-refractivity contribution in [1.82, 2.24) is 0 Å². The molecule has 58 heavy (non-hydrogen) atoms. The zero-order valence-corrected chi connectivity index (χ0v) is 34.1. The van der Waals surface area contributed by atoms with Crippen molar-refractivity contribution in [2.45, 2.75) is 38.1 Å². The highest BCUT2D eigenvalue weighted by Gasteiger charge is 2.36. The van der Waals surface area contributed by atoms with Crippen molar-refractivity contribution < 1.29 is 0 Å². The van der Waals surface area contributed by atoms with Gasteiger partial charge in [0.2, 0.25) is 0 Å². The molecule has 2 unspecified atom stereocenters. The van der Waals surface area contributed by atoms with Crippen molar-refractivity contribution in [3.63, 3.8) is 0 Å². The number of hydrogen-bond donors (Lipinski definition) is 0. The molecule has 11 rings (SSSR count). The molecule has 3 aliphatic rings. The third-order valence-electron chi connectivity index (χ3n) is 12.1.